The van der Waals surface area contributed by atoms with Crippen molar-refractivity contribution in [3.8, 4) is 0 Å². The maximum Gasteiger partial charge on any atom is 0.174 e. The molecule has 1 N–H and O–H groups in total. The number of nitrogens with one attached hydrogen (secondary N) is 1. The number of pyridine rings is 2. The minimum Gasteiger partial charge on any atom is -0.376 e. The van der Waals surface area contributed by atoms with Gasteiger partial charge in [0.25, 0.3) is 0 Å². The summed E-state index contributed by atoms with van der Waals surface area (Å²) < 4.78 is 5.76. The largest absolute Gasteiger partial charge is 0.376 e. The normalized spacial score (nSPS) is 17.0. The summed E-state index contributed by atoms with van der Waals surface area (Å²) in [4.78, 5) is 10.6. The van der Waals surface area contributed by atoms with Gasteiger partial charge in [0.05, 0.1) is 6.10 Å². The van der Waals surface area contributed by atoms with Crippen LogP contribution in [0.15, 0.2) is 48.9 Å². The van der Waals surface area contributed by atoms with Crippen molar-refractivity contribution in [1.29, 1.82) is 0 Å². The third kappa shape index (κ3) is 4.71. The van der Waals surface area contributed by atoms with E-state index >= 15 is 0 Å². The first-order valence-electron chi connectivity index (χ1n) is 7.79. The van der Waals surface area contributed by atoms with Gasteiger partial charge >= 0.3 is 0 Å². The molecule has 2 aromatic rings. The van der Waals surface area contributed by atoms with E-state index in [0.29, 0.717) is 11.7 Å². The molecule has 2 aromatic heterocycles. The van der Waals surface area contributed by atoms with E-state index < -0.39 is 0 Å². The Kier molecular flexibility index (Phi) is 5.50. The number of ether oxygens (including phenoxy) is 1. The van der Waals surface area contributed by atoms with Gasteiger partial charge in [-0.15, -0.1) is 0 Å². The van der Waals surface area contributed by atoms with Crippen LogP contribution in [0.4, 0.5) is 5.82 Å². The lowest BCUT2D eigenvalue weighted by atomic mass is 10.2. The summed E-state index contributed by atoms with van der Waals surface area (Å²) in [6, 6.07) is 9.71. The van der Waals surface area contributed by atoms with Crippen LogP contribution in [0.25, 0.3) is 0 Å². The fourth-order valence-corrected chi connectivity index (χ4v) is 2.83. The Morgan fingerprint density at radius 3 is 2.96 bits per heavy atom. The highest BCUT2D eigenvalue weighted by Crippen LogP contribution is 2.16. The van der Waals surface area contributed by atoms with E-state index in [9.17, 15) is 0 Å². The zero-order chi connectivity index (χ0) is 15.9. The number of thiocarbonyl (C=S) groups is 1. The predicted molar refractivity (Wildman–Crippen MR) is 94.1 cm³/mol. The van der Waals surface area contributed by atoms with Gasteiger partial charge in [0.15, 0.2) is 5.11 Å². The van der Waals surface area contributed by atoms with Gasteiger partial charge in [-0.05, 0) is 48.8 Å². The number of hydrogen-bond donors (Lipinski definition) is 1. The predicted octanol–water partition coefficient (Wildman–Crippen LogP) is 2.85. The Balaban J connectivity index is 1.69. The molecule has 0 saturated carbocycles. The van der Waals surface area contributed by atoms with Gasteiger partial charge in [-0.2, -0.15) is 0 Å². The van der Waals surface area contributed by atoms with Gasteiger partial charge in [-0.1, -0.05) is 12.1 Å². The lowest BCUT2D eigenvalue weighted by molar-refractivity contribution is 0.0905. The fraction of sp³-hybridized carbons (Fsp3) is 0.353. The van der Waals surface area contributed by atoms with Crippen molar-refractivity contribution in [1.82, 2.24) is 14.9 Å². The first kappa shape index (κ1) is 15.8. The third-order valence-electron chi connectivity index (χ3n) is 3.73. The summed E-state index contributed by atoms with van der Waals surface area (Å²) in [5, 5.41) is 3.86. The third-order valence-corrected chi connectivity index (χ3v) is 4.09. The summed E-state index contributed by atoms with van der Waals surface area (Å²) in [7, 11) is 0. The molecule has 0 aliphatic carbocycles. The maximum atomic E-state index is 5.76. The zero-order valence-corrected chi connectivity index (χ0v) is 13.7. The molecule has 0 bridgehead atoms. The monoisotopic (exact) mass is 328 g/mol. The molecule has 5 nitrogen and oxygen atoms in total. The Morgan fingerprint density at radius 2 is 2.26 bits per heavy atom. The molecular formula is C17H20N4OS. The van der Waals surface area contributed by atoms with E-state index in [2.05, 4.69) is 26.3 Å². The van der Waals surface area contributed by atoms with Crippen LogP contribution < -0.4 is 5.32 Å². The molecule has 1 saturated heterocycles. The average molecular weight is 328 g/mol. The summed E-state index contributed by atoms with van der Waals surface area (Å²) in [5.74, 6) is 0.751. The number of hydrogen-bond acceptors (Lipinski definition) is 4. The molecule has 3 rings (SSSR count). The lowest BCUT2D eigenvalue weighted by Gasteiger charge is -2.28. The molecule has 3 heterocycles. The second-order valence-electron chi connectivity index (χ2n) is 5.52. The molecule has 120 valence electrons. The molecule has 1 atom stereocenters. The van der Waals surface area contributed by atoms with Crippen LogP contribution in [0, 0.1) is 0 Å². The Morgan fingerprint density at radius 1 is 1.30 bits per heavy atom. The van der Waals surface area contributed by atoms with Crippen LogP contribution in [0.3, 0.4) is 0 Å². The summed E-state index contributed by atoms with van der Waals surface area (Å²) in [5.41, 5.74) is 1.12. The highest BCUT2D eigenvalue weighted by atomic mass is 32.1. The molecule has 1 aliphatic rings. The van der Waals surface area contributed by atoms with Crippen molar-refractivity contribution in [3.05, 3.63) is 54.5 Å². The minimum absolute atomic E-state index is 0.232. The van der Waals surface area contributed by atoms with E-state index in [1.165, 1.54) is 0 Å². The average Bonchev–Trinajstić information content (AvgIpc) is 3.09. The van der Waals surface area contributed by atoms with Crippen molar-refractivity contribution >= 4 is 23.1 Å². The second kappa shape index (κ2) is 7.99. The molecule has 0 spiro atoms. The van der Waals surface area contributed by atoms with E-state index in [-0.39, 0.29) is 6.10 Å². The van der Waals surface area contributed by atoms with Crippen molar-refractivity contribution in [2.45, 2.75) is 25.5 Å². The lowest BCUT2D eigenvalue weighted by Crippen LogP contribution is -2.39. The molecule has 23 heavy (non-hydrogen) atoms. The number of rotatable bonds is 5. The highest BCUT2D eigenvalue weighted by Gasteiger charge is 2.21. The molecular weight excluding hydrogens is 308 g/mol. The molecule has 1 aliphatic heterocycles. The van der Waals surface area contributed by atoms with E-state index in [4.69, 9.17) is 17.0 Å². The van der Waals surface area contributed by atoms with E-state index in [1.807, 2.05) is 30.5 Å². The molecule has 0 unspecified atom stereocenters. The quantitative estimate of drug-likeness (QED) is 0.852. The Labute approximate surface area is 141 Å². The SMILES string of the molecule is S=C(Nc1ccccn1)N(Cc1cccnc1)C[C@@H]1CCCO1. The first-order chi connectivity index (χ1) is 11.3. The minimum atomic E-state index is 0.232. The molecule has 0 radical (unpaired) electrons. The van der Waals surface area contributed by atoms with Crippen LogP contribution in [0.5, 0.6) is 0 Å². The van der Waals surface area contributed by atoms with Crippen LogP contribution in [-0.2, 0) is 11.3 Å². The van der Waals surface area contributed by atoms with Crippen LogP contribution >= 0.6 is 12.2 Å². The smallest absolute Gasteiger partial charge is 0.174 e. The van der Waals surface area contributed by atoms with E-state index in [0.717, 1.165) is 37.4 Å². The first-order valence-corrected chi connectivity index (χ1v) is 8.19. The number of anilines is 1. The van der Waals surface area contributed by atoms with Crippen molar-refractivity contribution in [2.24, 2.45) is 0 Å². The standard InChI is InChI=1S/C17H20N4OS/c23-17(20-16-7-1-2-9-19-16)21(13-15-6-4-10-22-15)12-14-5-3-8-18-11-14/h1-3,5,7-9,11,15H,4,6,10,12-13H2,(H,19,20,23)/t15-/m0/s1. The van der Waals surface area contributed by atoms with Gasteiger partial charge < -0.3 is 15.0 Å². The second-order valence-corrected chi connectivity index (χ2v) is 5.91. The van der Waals surface area contributed by atoms with Gasteiger partial charge in [0.1, 0.15) is 5.82 Å². The Bertz CT molecular complexity index is 617. The van der Waals surface area contributed by atoms with Crippen molar-refractivity contribution in [3.63, 3.8) is 0 Å². The van der Waals surface area contributed by atoms with Gasteiger partial charge in [-0.3, -0.25) is 4.98 Å². The summed E-state index contributed by atoms with van der Waals surface area (Å²) >= 11 is 5.59. The molecule has 6 heteroatoms. The fourth-order valence-electron chi connectivity index (χ4n) is 2.59. The molecule has 0 aromatic carbocycles. The summed E-state index contributed by atoms with van der Waals surface area (Å²) in [6.45, 7) is 2.31. The molecule has 1 fully saturated rings. The van der Waals surface area contributed by atoms with Crippen LogP contribution in [0.1, 0.15) is 18.4 Å². The number of aromatic nitrogens is 2. The van der Waals surface area contributed by atoms with Crippen molar-refractivity contribution < 1.29 is 4.74 Å². The van der Waals surface area contributed by atoms with Crippen LogP contribution in [0.2, 0.25) is 0 Å². The number of nitrogens with zero attached hydrogens (tertiary/aromatic N) is 3. The Hall–Kier alpha value is -2.05. The van der Waals surface area contributed by atoms with Crippen molar-refractivity contribution in [2.75, 3.05) is 18.5 Å². The maximum absolute atomic E-state index is 5.76. The van der Waals surface area contributed by atoms with Gasteiger partial charge in [0.2, 0.25) is 0 Å². The molecule has 0 amide bonds. The zero-order valence-electron chi connectivity index (χ0n) is 12.9. The van der Waals surface area contributed by atoms with Gasteiger partial charge in [-0.25, -0.2) is 4.98 Å². The summed E-state index contributed by atoms with van der Waals surface area (Å²) in [6.07, 6.45) is 7.82. The van der Waals surface area contributed by atoms with Gasteiger partial charge in [0, 0.05) is 38.3 Å². The van der Waals surface area contributed by atoms with Crippen LogP contribution in [-0.4, -0.2) is 39.2 Å². The highest BCUT2D eigenvalue weighted by molar-refractivity contribution is 7.80. The van der Waals surface area contributed by atoms with E-state index in [1.54, 1.807) is 12.4 Å². The topological polar surface area (TPSA) is 50.3 Å².